The van der Waals surface area contributed by atoms with Gasteiger partial charge in [-0.05, 0) is 24.6 Å². The second-order valence-electron chi connectivity index (χ2n) is 3.16. The van der Waals surface area contributed by atoms with Crippen LogP contribution in [0.3, 0.4) is 0 Å². The summed E-state index contributed by atoms with van der Waals surface area (Å²) in [5.41, 5.74) is 7.11. The topological polar surface area (TPSA) is 55.1 Å². The van der Waals surface area contributed by atoms with Crippen LogP contribution in [-0.4, -0.2) is 10.9 Å². The van der Waals surface area contributed by atoms with Gasteiger partial charge in [0.15, 0.2) is 0 Å². The van der Waals surface area contributed by atoms with E-state index in [-0.39, 0.29) is 17.3 Å². The first-order chi connectivity index (χ1) is 6.99. The highest BCUT2D eigenvalue weighted by molar-refractivity contribution is 9.10. The quantitative estimate of drug-likeness (QED) is 0.839. The second-order valence-corrected chi connectivity index (χ2v) is 4.53. The van der Waals surface area contributed by atoms with E-state index < -0.39 is 0 Å². The van der Waals surface area contributed by atoms with Crippen LogP contribution in [0.4, 0.5) is 5.69 Å². The van der Waals surface area contributed by atoms with Gasteiger partial charge in [0.2, 0.25) is 5.91 Å². The number of nitrogens with one attached hydrogen (secondary N) is 1. The first-order valence-electron chi connectivity index (χ1n) is 4.33. The number of nitrogens with two attached hydrogens (primary N) is 1. The lowest BCUT2D eigenvalue weighted by atomic mass is 10.2. The number of anilines is 1. The molecule has 0 unspecified atom stereocenters. The molecule has 3 N–H and O–H groups in total. The molecule has 0 fully saturated rings. The molecule has 0 spiro atoms. The molecule has 3 nitrogen and oxygen atoms in total. The van der Waals surface area contributed by atoms with E-state index in [1.807, 2.05) is 25.1 Å². The van der Waals surface area contributed by atoms with E-state index in [0.29, 0.717) is 0 Å². The summed E-state index contributed by atoms with van der Waals surface area (Å²) in [6.07, 6.45) is 0.0703. The summed E-state index contributed by atoms with van der Waals surface area (Å²) in [5.74, 6) is -0.196. The Labute approximate surface area is 102 Å². The molecule has 0 aliphatic rings. The number of halogens is 1. The minimum atomic E-state index is -0.196. The average molecular weight is 287 g/mol. The number of carbonyl (C=O) groups excluding carboxylic acids is 1. The summed E-state index contributed by atoms with van der Waals surface area (Å²) in [4.78, 5) is 11.5. The molecule has 0 saturated heterocycles. The van der Waals surface area contributed by atoms with Crippen molar-refractivity contribution in [1.29, 1.82) is 0 Å². The number of thiocarbonyl (C=S) groups is 1. The molecule has 0 aromatic heterocycles. The fourth-order valence-electron chi connectivity index (χ4n) is 1.03. The van der Waals surface area contributed by atoms with Crippen LogP contribution in [0.5, 0.6) is 0 Å². The van der Waals surface area contributed by atoms with E-state index in [0.717, 1.165) is 15.7 Å². The van der Waals surface area contributed by atoms with Crippen molar-refractivity contribution in [2.24, 2.45) is 5.73 Å². The zero-order valence-corrected chi connectivity index (χ0v) is 10.6. The molecule has 1 amide bonds. The van der Waals surface area contributed by atoms with Gasteiger partial charge < -0.3 is 11.1 Å². The third-order valence-corrected chi connectivity index (χ3v) is 2.79. The molecular weight excluding hydrogens is 276 g/mol. The van der Waals surface area contributed by atoms with Crippen molar-refractivity contribution in [3.63, 3.8) is 0 Å². The van der Waals surface area contributed by atoms with Crippen LogP contribution in [-0.2, 0) is 4.79 Å². The lowest BCUT2D eigenvalue weighted by molar-refractivity contribution is -0.115. The Bertz CT molecular complexity index is 406. The molecule has 1 aromatic rings. The summed E-state index contributed by atoms with van der Waals surface area (Å²) in [5, 5.41) is 2.70. The van der Waals surface area contributed by atoms with Crippen molar-refractivity contribution < 1.29 is 4.79 Å². The fraction of sp³-hybridized carbons (Fsp3) is 0.200. The Balaban J connectivity index is 2.69. The Morgan fingerprint density at radius 2 is 2.27 bits per heavy atom. The van der Waals surface area contributed by atoms with Crippen molar-refractivity contribution >= 4 is 44.7 Å². The van der Waals surface area contributed by atoms with E-state index in [1.165, 1.54) is 0 Å². The summed E-state index contributed by atoms with van der Waals surface area (Å²) >= 11 is 8.03. The Morgan fingerprint density at radius 3 is 2.80 bits per heavy atom. The van der Waals surface area contributed by atoms with Crippen molar-refractivity contribution in [2.45, 2.75) is 13.3 Å². The predicted octanol–water partition coefficient (Wildman–Crippen LogP) is 2.37. The highest BCUT2D eigenvalue weighted by Crippen LogP contribution is 2.20. The van der Waals surface area contributed by atoms with E-state index in [2.05, 4.69) is 33.5 Å². The van der Waals surface area contributed by atoms with Gasteiger partial charge in [-0.25, -0.2) is 0 Å². The first-order valence-corrected chi connectivity index (χ1v) is 5.53. The smallest absolute Gasteiger partial charge is 0.231 e. The number of amides is 1. The molecule has 1 aromatic carbocycles. The molecule has 0 bridgehead atoms. The lowest BCUT2D eigenvalue weighted by Crippen LogP contribution is -2.20. The van der Waals surface area contributed by atoms with E-state index in [9.17, 15) is 4.79 Å². The molecule has 0 aliphatic carbocycles. The molecule has 0 radical (unpaired) electrons. The summed E-state index contributed by atoms with van der Waals surface area (Å²) in [6, 6.07) is 5.59. The van der Waals surface area contributed by atoms with Crippen molar-refractivity contribution in [3.8, 4) is 0 Å². The Hall–Kier alpha value is -0.940. The maximum atomic E-state index is 11.3. The summed E-state index contributed by atoms with van der Waals surface area (Å²) in [6.45, 7) is 1.98. The molecule has 0 aliphatic heterocycles. The van der Waals surface area contributed by atoms with Crippen LogP contribution in [0.15, 0.2) is 22.7 Å². The highest BCUT2D eigenvalue weighted by Gasteiger charge is 2.04. The van der Waals surface area contributed by atoms with Crippen LogP contribution in [0.2, 0.25) is 0 Å². The van der Waals surface area contributed by atoms with Gasteiger partial charge in [-0.15, -0.1) is 0 Å². The minimum Gasteiger partial charge on any atom is -0.393 e. The Kier molecular flexibility index (Phi) is 4.23. The SMILES string of the molecule is Cc1ccc(NC(=O)CC(N)=S)cc1Br. The lowest BCUT2D eigenvalue weighted by Gasteiger charge is -2.06. The standard InChI is InChI=1S/C10H11BrN2OS/c1-6-2-3-7(4-8(6)11)13-10(14)5-9(12)15/h2-4H,5H2,1H3,(H2,12,15)(H,13,14). The van der Waals surface area contributed by atoms with Gasteiger partial charge in [0, 0.05) is 10.2 Å². The molecule has 80 valence electrons. The number of hydrogen-bond acceptors (Lipinski definition) is 2. The number of aryl methyl sites for hydroxylation is 1. The summed E-state index contributed by atoms with van der Waals surface area (Å²) < 4.78 is 0.954. The van der Waals surface area contributed by atoms with Crippen LogP contribution < -0.4 is 11.1 Å². The fourth-order valence-corrected chi connectivity index (χ4v) is 1.54. The first kappa shape index (κ1) is 12.1. The van der Waals surface area contributed by atoms with Crippen LogP contribution in [0, 0.1) is 6.92 Å². The number of hydrogen-bond donors (Lipinski definition) is 2. The highest BCUT2D eigenvalue weighted by atomic mass is 79.9. The van der Waals surface area contributed by atoms with Crippen LogP contribution in [0.1, 0.15) is 12.0 Å². The van der Waals surface area contributed by atoms with Crippen LogP contribution in [0.25, 0.3) is 0 Å². The molecular formula is C10H11BrN2OS. The summed E-state index contributed by atoms with van der Waals surface area (Å²) in [7, 11) is 0. The van der Waals surface area contributed by atoms with Crippen molar-refractivity contribution in [1.82, 2.24) is 0 Å². The van der Waals surface area contributed by atoms with Gasteiger partial charge in [-0.3, -0.25) is 4.79 Å². The van der Waals surface area contributed by atoms with E-state index >= 15 is 0 Å². The van der Waals surface area contributed by atoms with Crippen LogP contribution >= 0.6 is 28.1 Å². The minimum absolute atomic E-state index is 0.0703. The zero-order valence-electron chi connectivity index (χ0n) is 8.21. The van der Waals surface area contributed by atoms with Gasteiger partial charge in [0.1, 0.15) is 0 Å². The van der Waals surface area contributed by atoms with Gasteiger partial charge >= 0.3 is 0 Å². The molecule has 0 heterocycles. The van der Waals surface area contributed by atoms with E-state index in [1.54, 1.807) is 0 Å². The average Bonchev–Trinajstić information content (AvgIpc) is 2.10. The molecule has 5 heteroatoms. The molecule has 1 rings (SSSR count). The van der Waals surface area contributed by atoms with Gasteiger partial charge in [-0.1, -0.05) is 34.2 Å². The molecule has 15 heavy (non-hydrogen) atoms. The molecule has 0 atom stereocenters. The monoisotopic (exact) mass is 286 g/mol. The van der Waals surface area contributed by atoms with Crippen molar-refractivity contribution in [3.05, 3.63) is 28.2 Å². The number of carbonyl (C=O) groups is 1. The number of rotatable bonds is 3. The predicted molar refractivity (Wildman–Crippen MR) is 68.9 cm³/mol. The van der Waals surface area contributed by atoms with E-state index in [4.69, 9.17) is 5.73 Å². The number of benzene rings is 1. The molecule has 0 saturated carbocycles. The Morgan fingerprint density at radius 1 is 1.60 bits per heavy atom. The maximum Gasteiger partial charge on any atom is 0.231 e. The largest absolute Gasteiger partial charge is 0.393 e. The second kappa shape index (κ2) is 5.23. The third-order valence-electron chi connectivity index (χ3n) is 1.79. The van der Waals surface area contributed by atoms with Crippen molar-refractivity contribution in [2.75, 3.05) is 5.32 Å². The maximum absolute atomic E-state index is 11.3. The third kappa shape index (κ3) is 3.97. The zero-order chi connectivity index (χ0) is 11.4. The van der Waals surface area contributed by atoms with Gasteiger partial charge in [-0.2, -0.15) is 0 Å². The van der Waals surface area contributed by atoms with Gasteiger partial charge in [0.05, 0.1) is 11.4 Å². The normalized spacial score (nSPS) is 9.73. The van der Waals surface area contributed by atoms with Gasteiger partial charge in [0.25, 0.3) is 0 Å².